The van der Waals surface area contributed by atoms with Crippen LogP contribution in [0.1, 0.15) is 36.1 Å². The van der Waals surface area contributed by atoms with Gasteiger partial charge in [-0.3, -0.25) is 0 Å². The maximum Gasteiger partial charge on any atom is 0.140 e. The highest BCUT2D eigenvalue weighted by Gasteiger charge is 2.51. The Morgan fingerprint density at radius 2 is 1.14 bits per heavy atom. The standard InChI is InChI=1S/C25H24O3/c1-17-18(2)25(27,20-13-8-5-9-14-20)23-21(15-10-16-22(23)28-3)24(17,26)19-11-6-4-7-12-19/h4-16,26-27H,1-3H3/t24-,25-/m1/s1. The van der Waals surface area contributed by atoms with Gasteiger partial charge < -0.3 is 14.9 Å². The molecule has 3 aromatic carbocycles. The Kier molecular flexibility index (Phi) is 4.37. The highest BCUT2D eigenvalue weighted by Crippen LogP contribution is 2.54. The maximum absolute atomic E-state index is 12.1. The van der Waals surface area contributed by atoms with E-state index in [9.17, 15) is 10.2 Å². The predicted molar refractivity (Wildman–Crippen MR) is 110 cm³/mol. The molecule has 3 nitrogen and oxygen atoms in total. The molecule has 142 valence electrons. The monoisotopic (exact) mass is 372 g/mol. The van der Waals surface area contributed by atoms with Gasteiger partial charge in [-0.25, -0.2) is 0 Å². The van der Waals surface area contributed by atoms with E-state index in [1.807, 2.05) is 92.7 Å². The molecule has 0 saturated heterocycles. The van der Waals surface area contributed by atoms with Crippen LogP contribution in [-0.2, 0) is 11.2 Å². The zero-order valence-corrected chi connectivity index (χ0v) is 16.3. The summed E-state index contributed by atoms with van der Waals surface area (Å²) in [4.78, 5) is 0. The van der Waals surface area contributed by atoms with Crippen LogP contribution in [0.2, 0.25) is 0 Å². The van der Waals surface area contributed by atoms with Crippen molar-refractivity contribution in [1.29, 1.82) is 0 Å². The number of methoxy groups -OCH3 is 1. The Hall–Kier alpha value is -2.88. The molecule has 0 aliphatic heterocycles. The highest BCUT2D eigenvalue weighted by molar-refractivity contribution is 5.65. The zero-order chi connectivity index (χ0) is 19.9. The summed E-state index contributed by atoms with van der Waals surface area (Å²) in [5, 5.41) is 24.1. The molecule has 0 bridgehead atoms. The lowest BCUT2D eigenvalue weighted by Gasteiger charge is -2.45. The van der Waals surface area contributed by atoms with Crippen LogP contribution in [-0.4, -0.2) is 17.3 Å². The van der Waals surface area contributed by atoms with Gasteiger partial charge in [0.1, 0.15) is 17.0 Å². The van der Waals surface area contributed by atoms with Gasteiger partial charge in [0.25, 0.3) is 0 Å². The quantitative estimate of drug-likeness (QED) is 0.665. The first-order valence-corrected chi connectivity index (χ1v) is 9.37. The van der Waals surface area contributed by atoms with Gasteiger partial charge >= 0.3 is 0 Å². The number of hydrogen-bond donors (Lipinski definition) is 2. The zero-order valence-electron chi connectivity index (χ0n) is 16.3. The first kappa shape index (κ1) is 18.5. The lowest BCUT2D eigenvalue weighted by molar-refractivity contribution is 0.0683. The molecule has 0 saturated carbocycles. The van der Waals surface area contributed by atoms with E-state index in [0.29, 0.717) is 28.0 Å². The van der Waals surface area contributed by atoms with Gasteiger partial charge in [-0.2, -0.15) is 0 Å². The van der Waals surface area contributed by atoms with Crippen LogP contribution >= 0.6 is 0 Å². The van der Waals surface area contributed by atoms with Crippen LogP contribution in [0.25, 0.3) is 0 Å². The number of aliphatic hydroxyl groups is 2. The normalized spacial score (nSPS) is 24.0. The number of hydrogen-bond acceptors (Lipinski definition) is 3. The minimum atomic E-state index is -1.39. The van der Waals surface area contributed by atoms with Gasteiger partial charge in [-0.1, -0.05) is 72.8 Å². The fourth-order valence-electron chi connectivity index (χ4n) is 4.40. The van der Waals surface area contributed by atoms with E-state index in [2.05, 4.69) is 0 Å². The Morgan fingerprint density at radius 1 is 0.643 bits per heavy atom. The molecule has 2 N–H and O–H groups in total. The van der Waals surface area contributed by atoms with E-state index in [-0.39, 0.29) is 0 Å². The van der Waals surface area contributed by atoms with E-state index >= 15 is 0 Å². The van der Waals surface area contributed by atoms with Crippen molar-refractivity contribution in [1.82, 2.24) is 0 Å². The molecule has 0 heterocycles. The first-order chi connectivity index (χ1) is 13.5. The van der Waals surface area contributed by atoms with Crippen LogP contribution in [0, 0.1) is 0 Å². The van der Waals surface area contributed by atoms with Crippen molar-refractivity contribution in [2.45, 2.75) is 25.0 Å². The minimum absolute atomic E-state index is 0.546. The molecule has 0 radical (unpaired) electrons. The smallest absolute Gasteiger partial charge is 0.140 e. The number of rotatable bonds is 3. The van der Waals surface area contributed by atoms with Gasteiger partial charge in [-0.15, -0.1) is 0 Å². The first-order valence-electron chi connectivity index (χ1n) is 9.37. The second-order valence-corrected chi connectivity index (χ2v) is 7.29. The minimum Gasteiger partial charge on any atom is -0.496 e. The Morgan fingerprint density at radius 3 is 1.68 bits per heavy atom. The van der Waals surface area contributed by atoms with E-state index < -0.39 is 11.2 Å². The molecular formula is C25H24O3. The average molecular weight is 372 g/mol. The van der Waals surface area contributed by atoms with E-state index in [0.717, 1.165) is 11.1 Å². The van der Waals surface area contributed by atoms with Crippen molar-refractivity contribution in [3.05, 3.63) is 112 Å². The van der Waals surface area contributed by atoms with Crippen molar-refractivity contribution in [2.75, 3.05) is 7.11 Å². The molecular weight excluding hydrogens is 348 g/mol. The van der Waals surface area contributed by atoms with Crippen molar-refractivity contribution in [3.8, 4) is 5.75 Å². The number of benzene rings is 3. The molecule has 4 rings (SSSR count). The van der Waals surface area contributed by atoms with E-state index in [1.165, 1.54) is 0 Å². The Labute approximate surface area is 165 Å². The summed E-state index contributed by atoms with van der Waals surface area (Å²) >= 11 is 0. The van der Waals surface area contributed by atoms with Crippen LogP contribution in [0.15, 0.2) is 90.0 Å². The molecule has 2 atom stereocenters. The van der Waals surface area contributed by atoms with Crippen LogP contribution < -0.4 is 4.74 Å². The lowest BCUT2D eigenvalue weighted by atomic mass is 9.64. The van der Waals surface area contributed by atoms with Crippen molar-refractivity contribution in [3.63, 3.8) is 0 Å². The third-order valence-corrected chi connectivity index (χ3v) is 6.03. The third kappa shape index (κ3) is 2.37. The summed E-state index contributed by atoms with van der Waals surface area (Å²) in [6.45, 7) is 3.77. The third-order valence-electron chi connectivity index (χ3n) is 6.03. The molecule has 0 fully saturated rings. The summed E-state index contributed by atoms with van der Waals surface area (Å²) < 4.78 is 5.65. The molecule has 3 heteroatoms. The fraction of sp³-hybridized carbons (Fsp3) is 0.200. The van der Waals surface area contributed by atoms with Crippen molar-refractivity contribution in [2.24, 2.45) is 0 Å². The average Bonchev–Trinajstić information content (AvgIpc) is 2.76. The molecule has 1 aliphatic carbocycles. The summed E-state index contributed by atoms with van der Waals surface area (Å²) in [6.07, 6.45) is 0. The SMILES string of the molecule is COc1cccc2c1[C@](O)(c1ccccc1)C(C)=C(C)[C@@]2(O)c1ccccc1. The summed E-state index contributed by atoms with van der Waals surface area (Å²) in [7, 11) is 1.59. The molecule has 1 aliphatic rings. The second-order valence-electron chi connectivity index (χ2n) is 7.29. The van der Waals surface area contributed by atoms with Crippen molar-refractivity contribution < 1.29 is 14.9 Å². The fourth-order valence-corrected chi connectivity index (χ4v) is 4.40. The van der Waals surface area contributed by atoms with Gasteiger partial charge in [-0.05, 0) is 42.2 Å². The van der Waals surface area contributed by atoms with Gasteiger partial charge in [0, 0.05) is 11.1 Å². The number of fused-ring (bicyclic) bond motifs is 1. The molecule has 28 heavy (non-hydrogen) atoms. The van der Waals surface area contributed by atoms with Gasteiger partial charge in [0.15, 0.2) is 0 Å². The molecule has 0 spiro atoms. The summed E-state index contributed by atoms with van der Waals surface area (Å²) in [5.74, 6) is 0.546. The lowest BCUT2D eigenvalue weighted by Crippen LogP contribution is -2.43. The number of ether oxygens (including phenoxy) is 1. The predicted octanol–water partition coefficient (Wildman–Crippen LogP) is 4.52. The molecule has 3 aromatic rings. The Bertz CT molecular complexity index is 1040. The maximum atomic E-state index is 12.1. The molecule has 0 amide bonds. The molecule has 0 aromatic heterocycles. The van der Waals surface area contributed by atoms with Crippen LogP contribution in [0.4, 0.5) is 0 Å². The van der Waals surface area contributed by atoms with Crippen molar-refractivity contribution >= 4 is 0 Å². The highest BCUT2D eigenvalue weighted by atomic mass is 16.5. The second kappa shape index (κ2) is 6.62. The molecule has 0 unspecified atom stereocenters. The van der Waals surface area contributed by atoms with E-state index in [4.69, 9.17) is 4.74 Å². The Balaban J connectivity index is 2.14. The summed E-state index contributed by atoms with van der Waals surface area (Å²) in [6, 6.07) is 24.7. The van der Waals surface area contributed by atoms with Crippen LogP contribution in [0.5, 0.6) is 5.75 Å². The van der Waals surface area contributed by atoms with Crippen LogP contribution in [0.3, 0.4) is 0 Å². The topological polar surface area (TPSA) is 49.7 Å². The van der Waals surface area contributed by atoms with Gasteiger partial charge in [0.05, 0.1) is 7.11 Å². The summed E-state index contributed by atoms with van der Waals surface area (Å²) in [5.41, 5.74) is 1.38. The van der Waals surface area contributed by atoms with Gasteiger partial charge in [0.2, 0.25) is 0 Å². The van der Waals surface area contributed by atoms with E-state index in [1.54, 1.807) is 7.11 Å². The largest absolute Gasteiger partial charge is 0.496 e.